The minimum atomic E-state index is -0.837. The number of amides is 2. The van der Waals surface area contributed by atoms with Crippen molar-refractivity contribution in [2.45, 2.75) is 123 Å². The number of benzene rings is 1. The summed E-state index contributed by atoms with van der Waals surface area (Å²) in [6.07, 6.45) is 4.15. The van der Waals surface area contributed by atoms with Crippen LogP contribution in [0, 0.1) is 33.3 Å². The zero-order valence-corrected chi connectivity index (χ0v) is 28.5. The van der Waals surface area contributed by atoms with Crippen LogP contribution in [-0.2, 0) is 25.3 Å². The molecule has 1 saturated heterocycles. The van der Waals surface area contributed by atoms with E-state index in [4.69, 9.17) is 15.0 Å². The molecule has 254 valence electrons. The molecule has 1 heterocycles. The molecule has 3 aliphatic carbocycles. The molecular weight excluding hydrogens is 587 g/mol. The lowest BCUT2D eigenvalue weighted by atomic mass is 9.43. The number of nitro groups is 1. The standard InChI is InChI=1S/C33H53BN6O6/c1-20(2)17-28(34-45-27-19-24-18-26(32(24,5)6)33(27,7)46-34)38-30(42)25(9-8-16-36-31(35)39-40(43)44)37-29(41)15-12-22-10-13-23(14-11-22)21(3)4/h10-11,13-14,20-21,24-28H,8-9,12,15-19H2,1-7H3,(H,37,41)(H,38,42)(H3,35,36,39)/t24-,25-,26-,27+,28-,33-/m0/s1. The summed E-state index contributed by atoms with van der Waals surface area (Å²) >= 11 is 0. The summed E-state index contributed by atoms with van der Waals surface area (Å²) in [7, 11) is -0.584. The van der Waals surface area contributed by atoms with Gasteiger partial charge in [-0.15, -0.1) is 0 Å². The molecule has 12 nitrogen and oxygen atoms in total. The van der Waals surface area contributed by atoms with Crippen molar-refractivity contribution in [3.05, 3.63) is 45.5 Å². The number of rotatable bonds is 15. The third-order valence-electron chi connectivity index (χ3n) is 10.4. The number of nitrogens with two attached hydrogens (primary N) is 1. The average molecular weight is 641 g/mol. The summed E-state index contributed by atoms with van der Waals surface area (Å²) in [5.74, 6) is 0.429. The molecule has 0 spiro atoms. The van der Waals surface area contributed by atoms with Crippen LogP contribution in [0.15, 0.2) is 29.3 Å². The fraction of sp³-hybridized carbons (Fsp3) is 0.727. The van der Waals surface area contributed by atoms with Gasteiger partial charge in [-0.25, -0.2) is 15.1 Å². The fourth-order valence-electron chi connectivity index (χ4n) is 7.59. The zero-order valence-electron chi connectivity index (χ0n) is 28.5. The van der Waals surface area contributed by atoms with E-state index >= 15 is 0 Å². The molecule has 1 aliphatic heterocycles. The first-order valence-electron chi connectivity index (χ1n) is 16.8. The van der Waals surface area contributed by atoms with Crippen LogP contribution in [0.5, 0.6) is 0 Å². The molecule has 0 aromatic heterocycles. The highest BCUT2D eigenvalue weighted by atomic mass is 16.7. The van der Waals surface area contributed by atoms with Gasteiger partial charge in [0.15, 0.2) is 5.03 Å². The Morgan fingerprint density at radius 2 is 1.83 bits per heavy atom. The molecule has 1 aromatic carbocycles. The highest BCUT2D eigenvalue weighted by Crippen LogP contribution is 2.65. The second kappa shape index (κ2) is 14.7. The second-order valence-corrected chi connectivity index (χ2v) is 14.9. The SMILES string of the molecule is CC(C)C[C@H](NC(=O)[C@H](CCCN=C(N)N[N+](=O)[O-])NC(=O)CCc1ccc(C(C)C)cc1)B1O[C@@H]2C[C@@H]3C[C@@H](C3(C)C)[C@]2(C)O1. The van der Waals surface area contributed by atoms with Crippen LogP contribution in [0.2, 0.25) is 0 Å². The number of guanidine groups is 1. The van der Waals surface area contributed by atoms with Gasteiger partial charge in [-0.1, -0.05) is 71.2 Å². The number of hydrogen-bond acceptors (Lipinski definition) is 7. The Morgan fingerprint density at radius 3 is 2.43 bits per heavy atom. The summed E-state index contributed by atoms with van der Waals surface area (Å²) < 4.78 is 13.2. The first-order valence-corrected chi connectivity index (χ1v) is 16.8. The maximum absolute atomic E-state index is 13.8. The molecule has 5 rings (SSSR count). The van der Waals surface area contributed by atoms with Crippen LogP contribution in [0.1, 0.15) is 104 Å². The molecule has 3 saturated carbocycles. The van der Waals surface area contributed by atoms with Gasteiger partial charge in [-0.2, -0.15) is 0 Å². The topological polar surface area (TPSA) is 170 Å². The van der Waals surface area contributed by atoms with Gasteiger partial charge in [-0.05, 0) is 85.7 Å². The quantitative estimate of drug-likeness (QED) is 0.0559. The fourth-order valence-corrected chi connectivity index (χ4v) is 7.59. The minimum Gasteiger partial charge on any atom is -0.404 e. The number of carbonyl (C=O) groups is 2. The second-order valence-electron chi connectivity index (χ2n) is 14.9. The highest BCUT2D eigenvalue weighted by molar-refractivity contribution is 6.48. The first-order chi connectivity index (χ1) is 21.6. The lowest BCUT2D eigenvalue weighted by Crippen LogP contribution is -2.65. The van der Waals surface area contributed by atoms with Crippen LogP contribution in [0.4, 0.5) is 0 Å². The summed E-state index contributed by atoms with van der Waals surface area (Å²) in [5, 5.41) is 15.9. The lowest BCUT2D eigenvalue weighted by molar-refractivity contribution is -0.525. The number of hydrogen-bond donors (Lipinski definition) is 4. The molecule has 46 heavy (non-hydrogen) atoms. The van der Waals surface area contributed by atoms with E-state index in [-0.39, 0.29) is 54.6 Å². The van der Waals surface area contributed by atoms with E-state index in [0.717, 1.165) is 18.4 Å². The van der Waals surface area contributed by atoms with Crippen LogP contribution in [-0.4, -0.2) is 60.2 Å². The Bertz CT molecular complexity index is 1270. The van der Waals surface area contributed by atoms with E-state index in [1.54, 1.807) is 0 Å². The number of hydrazine groups is 1. The van der Waals surface area contributed by atoms with E-state index in [1.807, 2.05) is 17.6 Å². The summed E-state index contributed by atoms with van der Waals surface area (Å²) in [5.41, 5.74) is 9.44. The molecule has 0 radical (unpaired) electrons. The first kappa shape index (κ1) is 35.7. The summed E-state index contributed by atoms with van der Waals surface area (Å²) in [6.45, 7) is 15.4. The van der Waals surface area contributed by atoms with Crippen molar-refractivity contribution < 1.29 is 23.9 Å². The summed E-state index contributed by atoms with van der Waals surface area (Å²) in [6, 6.07) is 7.40. The van der Waals surface area contributed by atoms with Gasteiger partial charge in [0.25, 0.3) is 5.96 Å². The molecular formula is C33H53BN6O6. The maximum atomic E-state index is 13.8. The van der Waals surface area contributed by atoms with Crippen molar-refractivity contribution in [2.24, 2.45) is 33.9 Å². The van der Waals surface area contributed by atoms with E-state index in [2.05, 4.69) is 76.2 Å². The van der Waals surface area contributed by atoms with Crippen molar-refractivity contribution in [1.82, 2.24) is 16.1 Å². The molecule has 13 heteroatoms. The van der Waals surface area contributed by atoms with Crippen molar-refractivity contribution in [1.29, 1.82) is 0 Å². The van der Waals surface area contributed by atoms with Gasteiger partial charge >= 0.3 is 7.12 Å². The van der Waals surface area contributed by atoms with E-state index < -0.39 is 29.7 Å². The highest BCUT2D eigenvalue weighted by Gasteiger charge is 2.68. The Morgan fingerprint density at radius 1 is 1.13 bits per heavy atom. The number of nitrogens with one attached hydrogen (secondary N) is 3. The largest absolute Gasteiger partial charge is 0.481 e. The van der Waals surface area contributed by atoms with Crippen LogP contribution in [0.25, 0.3) is 0 Å². The van der Waals surface area contributed by atoms with Crippen molar-refractivity contribution in [3.63, 3.8) is 0 Å². The molecule has 1 aromatic rings. The third kappa shape index (κ3) is 8.39. The molecule has 0 unspecified atom stereocenters. The van der Waals surface area contributed by atoms with Gasteiger partial charge in [0, 0.05) is 13.0 Å². The van der Waals surface area contributed by atoms with Crippen LogP contribution >= 0.6 is 0 Å². The average Bonchev–Trinajstić information content (AvgIpc) is 3.34. The zero-order chi connectivity index (χ0) is 33.8. The minimum absolute atomic E-state index is 0.0120. The third-order valence-corrected chi connectivity index (χ3v) is 10.4. The predicted octanol–water partition coefficient (Wildman–Crippen LogP) is 3.90. The van der Waals surface area contributed by atoms with Gasteiger partial charge in [-0.3, -0.25) is 9.59 Å². The van der Waals surface area contributed by atoms with Crippen molar-refractivity contribution in [3.8, 4) is 0 Å². The molecule has 4 aliphatic rings. The monoisotopic (exact) mass is 640 g/mol. The molecule has 5 N–H and O–H groups in total. The Hall–Kier alpha value is -3.19. The van der Waals surface area contributed by atoms with Crippen molar-refractivity contribution >= 4 is 24.9 Å². The van der Waals surface area contributed by atoms with Gasteiger partial charge in [0.1, 0.15) is 6.04 Å². The smallest absolute Gasteiger partial charge is 0.404 e. The predicted molar refractivity (Wildman–Crippen MR) is 178 cm³/mol. The normalized spacial score (nSPS) is 26.2. The van der Waals surface area contributed by atoms with E-state index in [1.165, 1.54) is 5.56 Å². The number of aliphatic imine (C=N–C) groups is 1. The molecule has 6 atom stereocenters. The van der Waals surface area contributed by atoms with Crippen LogP contribution in [0.3, 0.4) is 0 Å². The number of nitrogens with zero attached hydrogens (tertiary/aromatic N) is 2. The molecule has 2 amide bonds. The maximum Gasteiger partial charge on any atom is 0.481 e. The number of carbonyl (C=O) groups excluding carboxylic acids is 2. The van der Waals surface area contributed by atoms with Crippen molar-refractivity contribution in [2.75, 3.05) is 6.54 Å². The molecule has 4 fully saturated rings. The van der Waals surface area contributed by atoms with Gasteiger partial charge < -0.3 is 25.7 Å². The van der Waals surface area contributed by atoms with E-state index in [9.17, 15) is 19.7 Å². The Labute approximate surface area is 273 Å². The van der Waals surface area contributed by atoms with Crippen LogP contribution < -0.4 is 21.8 Å². The lowest BCUT2D eigenvalue weighted by Gasteiger charge is -2.64. The summed E-state index contributed by atoms with van der Waals surface area (Å²) in [4.78, 5) is 41.6. The van der Waals surface area contributed by atoms with Gasteiger partial charge in [0.2, 0.25) is 11.8 Å². The van der Waals surface area contributed by atoms with E-state index in [0.29, 0.717) is 37.0 Å². The molecule has 2 bridgehead atoms. The Balaban J connectivity index is 1.42. The number of aryl methyl sites for hydroxylation is 1. The van der Waals surface area contributed by atoms with Gasteiger partial charge in [0.05, 0.1) is 17.6 Å². The Kier molecular flexibility index (Phi) is 11.4.